The Morgan fingerprint density at radius 2 is 1.66 bits per heavy atom. The van der Waals surface area contributed by atoms with Crippen molar-refractivity contribution < 1.29 is 9.59 Å². The largest absolute Gasteiger partial charge is 0.335 e. The maximum absolute atomic E-state index is 13.4. The monoisotopic (exact) mass is 531 g/mol. The minimum Gasteiger partial charge on any atom is -0.335 e. The van der Waals surface area contributed by atoms with E-state index in [1.165, 1.54) is 0 Å². The van der Waals surface area contributed by atoms with Gasteiger partial charge in [0.1, 0.15) is 5.69 Å². The Kier molecular flexibility index (Phi) is 7.47. The molecule has 176 valence electrons. The van der Waals surface area contributed by atoms with Crippen LogP contribution in [0.15, 0.2) is 93.2 Å². The van der Waals surface area contributed by atoms with E-state index >= 15 is 0 Å². The molecule has 0 fully saturated rings. The molecule has 9 heteroatoms. The molecule has 1 atom stereocenters. The van der Waals surface area contributed by atoms with E-state index in [1.807, 2.05) is 31.2 Å². The summed E-state index contributed by atoms with van der Waals surface area (Å²) in [5.74, 6) is -1.06. The summed E-state index contributed by atoms with van der Waals surface area (Å²) in [5, 5.41) is 14.4. The van der Waals surface area contributed by atoms with E-state index in [0.29, 0.717) is 28.5 Å². The summed E-state index contributed by atoms with van der Waals surface area (Å²) in [6, 6.07) is 21.7. The fourth-order valence-corrected chi connectivity index (χ4v) is 4.02. The van der Waals surface area contributed by atoms with Gasteiger partial charge in [0.05, 0.1) is 11.1 Å². The standard InChI is InChI=1S/C26H22BrN5O3/c1-2-21(17-11-8-12-18(27)15-17)29-32-26(35)23(28-24(33)16-9-4-3-5-10-16)22-19-13-6-7-14-20(19)25(34)31-30-22/h3-15,23H,2H2,1H3,(H,28,33)(H,31,34)(H,32,35). The first kappa shape index (κ1) is 24.0. The van der Waals surface area contributed by atoms with E-state index in [9.17, 15) is 14.4 Å². The number of halogens is 1. The van der Waals surface area contributed by atoms with Crippen molar-refractivity contribution in [2.75, 3.05) is 0 Å². The SMILES string of the molecule is CCC(=NNC(=O)C(NC(=O)c1ccccc1)c1n[nH]c(=O)c2ccccc12)c1cccc(Br)c1. The van der Waals surface area contributed by atoms with Crippen molar-refractivity contribution in [2.24, 2.45) is 5.10 Å². The van der Waals surface area contributed by atoms with Crippen molar-refractivity contribution in [1.82, 2.24) is 20.9 Å². The molecule has 0 aliphatic heterocycles. The van der Waals surface area contributed by atoms with Crippen molar-refractivity contribution in [1.29, 1.82) is 0 Å². The van der Waals surface area contributed by atoms with Gasteiger partial charge in [-0.15, -0.1) is 0 Å². The molecule has 1 unspecified atom stereocenters. The fourth-order valence-electron chi connectivity index (χ4n) is 3.62. The van der Waals surface area contributed by atoms with Crippen LogP contribution in [0, 0.1) is 0 Å². The summed E-state index contributed by atoms with van der Waals surface area (Å²) in [7, 11) is 0. The lowest BCUT2D eigenvalue weighted by Crippen LogP contribution is -2.40. The third-order valence-corrected chi connectivity index (χ3v) is 5.86. The van der Waals surface area contributed by atoms with Crippen molar-refractivity contribution in [3.05, 3.63) is 111 Å². The zero-order chi connectivity index (χ0) is 24.8. The van der Waals surface area contributed by atoms with Crippen LogP contribution < -0.4 is 16.3 Å². The number of rotatable bonds is 7. The summed E-state index contributed by atoms with van der Waals surface area (Å²) in [6.45, 7) is 1.93. The predicted octanol–water partition coefficient (Wildman–Crippen LogP) is 4.09. The van der Waals surface area contributed by atoms with Gasteiger partial charge >= 0.3 is 0 Å². The molecule has 0 saturated carbocycles. The molecule has 35 heavy (non-hydrogen) atoms. The van der Waals surface area contributed by atoms with Gasteiger partial charge in [-0.05, 0) is 42.3 Å². The second kappa shape index (κ2) is 10.9. The Hall–Kier alpha value is -4.11. The van der Waals surface area contributed by atoms with E-state index in [-0.39, 0.29) is 11.3 Å². The molecule has 0 bridgehead atoms. The van der Waals surface area contributed by atoms with Gasteiger partial charge in [0, 0.05) is 15.4 Å². The third-order valence-electron chi connectivity index (χ3n) is 5.37. The van der Waals surface area contributed by atoms with E-state index in [4.69, 9.17) is 0 Å². The van der Waals surface area contributed by atoms with Crippen LogP contribution in [0.4, 0.5) is 0 Å². The number of aromatic nitrogens is 2. The van der Waals surface area contributed by atoms with Gasteiger partial charge in [0.15, 0.2) is 6.04 Å². The van der Waals surface area contributed by atoms with Gasteiger partial charge < -0.3 is 5.32 Å². The first-order valence-corrected chi connectivity index (χ1v) is 11.7. The average molecular weight is 532 g/mol. The minimum absolute atomic E-state index is 0.206. The van der Waals surface area contributed by atoms with Gasteiger partial charge in [0.25, 0.3) is 17.4 Å². The highest BCUT2D eigenvalue weighted by molar-refractivity contribution is 9.10. The van der Waals surface area contributed by atoms with E-state index in [0.717, 1.165) is 10.0 Å². The van der Waals surface area contributed by atoms with Crippen molar-refractivity contribution >= 4 is 44.2 Å². The lowest BCUT2D eigenvalue weighted by atomic mass is 10.0. The van der Waals surface area contributed by atoms with Crippen LogP contribution in [0.3, 0.4) is 0 Å². The molecule has 0 spiro atoms. The maximum atomic E-state index is 13.4. The molecule has 0 aliphatic rings. The molecule has 0 radical (unpaired) electrons. The normalized spacial score (nSPS) is 12.2. The molecule has 0 saturated heterocycles. The zero-order valence-corrected chi connectivity index (χ0v) is 20.4. The summed E-state index contributed by atoms with van der Waals surface area (Å²) in [4.78, 5) is 38.6. The minimum atomic E-state index is -1.21. The molecule has 1 heterocycles. The lowest BCUT2D eigenvalue weighted by molar-refractivity contribution is -0.123. The second-order valence-electron chi connectivity index (χ2n) is 7.65. The first-order valence-electron chi connectivity index (χ1n) is 10.9. The van der Waals surface area contributed by atoms with Crippen molar-refractivity contribution in [2.45, 2.75) is 19.4 Å². The van der Waals surface area contributed by atoms with Gasteiger partial charge in [-0.2, -0.15) is 10.2 Å². The highest BCUT2D eigenvalue weighted by Crippen LogP contribution is 2.21. The summed E-state index contributed by atoms with van der Waals surface area (Å²) >= 11 is 3.44. The zero-order valence-electron chi connectivity index (χ0n) is 18.8. The number of H-pyrrole nitrogens is 1. The van der Waals surface area contributed by atoms with Crippen molar-refractivity contribution in [3.63, 3.8) is 0 Å². The van der Waals surface area contributed by atoms with Crippen LogP contribution in [-0.2, 0) is 4.79 Å². The van der Waals surface area contributed by atoms with E-state index < -0.39 is 17.9 Å². The lowest BCUT2D eigenvalue weighted by Gasteiger charge is -2.18. The first-order chi connectivity index (χ1) is 17.0. The van der Waals surface area contributed by atoms with Crippen LogP contribution in [-0.4, -0.2) is 27.7 Å². The maximum Gasteiger partial charge on any atom is 0.272 e. The molecule has 0 aliphatic carbocycles. The summed E-state index contributed by atoms with van der Waals surface area (Å²) in [6.07, 6.45) is 0.567. The molecule has 3 aromatic carbocycles. The van der Waals surface area contributed by atoms with Gasteiger partial charge in [-0.1, -0.05) is 71.4 Å². The highest BCUT2D eigenvalue weighted by Gasteiger charge is 2.27. The van der Waals surface area contributed by atoms with Crippen LogP contribution in [0.5, 0.6) is 0 Å². The Morgan fingerprint density at radius 1 is 0.971 bits per heavy atom. The molecular formula is C26H22BrN5O3. The number of fused-ring (bicyclic) bond motifs is 1. The Bertz CT molecular complexity index is 1470. The van der Waals surface area contributed by atoms with E-state index in [1.54, 1.807) is 54.6 Å². The number of hydrogen-bond donors (Lipinski definition) is 3. The average Bonchev–Trinajstić information content (AvgIpc) is 2.89. The smallest absolute Gasteiger partial charge is 0.272 e. The summed E-state index contributed by atoms with van der Waals surface area (Å²) < 4.78 is 0.888. The topological polar surface area (TPSA) is 116 Å². The fraction of sp³-hybridized carbons (Fsp3) is 0.115. The van der Waals surface area contributed by atoms with Crippen LogP contribution in [0.25, 0.3) is 10.8 Å². The van der Waals surface area contributed by atoms with E-state index in [2.05, 4.69) is 42.0 Å². The molecule has 4 rings (SSSR count). The number of hydrazone groups is 1. The number of amides is 2. The Morgan fingerprint density at radius 3 is 2.37 bits per heavy atom. The quantitative estimate of drug-likeness (QED) is 0.246. The van der Waals surface area contributed by atoms with Crippen molar-refractivity contribution in [3.8, 4) is 0 Å². The molecule has 3 N–H and O–H groups in total. The predicted molar refractivity (Wildman–Crippen MR) is 138 cm³/mol. The molecule has 4 aromatic rings. The second-order valence-corrected chi connectivity index (χ2v) is 8.57. The summed E-state index contributed by atoms with van der Waals surface area (Å²) in [5.41, 5.74) is 4.28. The van der Waals surface area contributed by atoms with Gasteiger partial charge in [-0.25, -0.2) is 10.5 Å². The molecular weight excluding hydrogens is 510 g/mol. The number of nitrogens with one attached hydrogen (secondary N) is 3. The third kappa shape index (κ3) is 5.52. The van der Waals surface area contributed by atoms with Crippen LogP contribution in [0.1, 0.15) is 41.0 Å². The van der Waals surface area contributed by atoms with Crippen LogP contribution >= 0.6 is 15.9 Å². The number of carbonyl (C=O) groups is 2. The molecule has 1 aromatic heterocycles. The molecule has 2 amide bonds. The highest BCUT2D eigenvalue weighted by atomic mass is 79.9. The number of carbonyl (C=O) groups excluding carboxylic acids is 2. The number of aromatic amines is 1. The molecule has 8 nitrogen and oxygen atoms in total. The van der Waals surface area contributed by atoms with Crippen LogP contribution in [0.2, 0.25) is 0 Å². The number of hydrogen-bond acceptors (Lipinski definition) is 5. The van der Waals surface area contributed by atoms with Gasteiger partial charge in [0.2, 0.25) is 0 Å². The Balaban J connectivity index is 1.72. The number of nitrogens with zero attached hydrogens (tertiary/aromatic N) is 2. The van der Waals surface area contributed by atoms with Gasteiger partial charge in [-0.3, -0.25) is 14.4 Å². The Labute approximate surface area is 209 Å². The number of benzene rings is 3.